The zero-order chi connectivity index (χ0) is 21.5. The van der Waals surface area contributed by atoms with E-state index in [-0.39, 0.29) is 24.0 Å². The normalized spacial score (nSPS) is 20.3. The maximum absolute atomic E-state index is 6.64. The number of aliphatic imine (C=N–C) groups is 1. The largest absolute Gasteiger partial charge is 0.369 e. The number of benzene rings is 1. The summed E-state index contributed by atoms with van der Waals surface area (Å²) in [6.45, 7) is 15.0. The lowest BCUT2D eigenvalue weighted by Crippen LogP contribution is -2.45. The number of hydrogen-bond donors (Lipinski definition) is 1. The van der Waals surface area contributed by atoms with Gasteiger partial charge in [0, 0.05) is 75.7 Å². The van der Waals surface area contributed by atoms with E-state index in [0.717, 1.165) is 63.3 Å². The monoisotopic (exact) mass is 562 g/mol. The summed E-state index contributed by atoms with van der Waals surface area (Å²) in [5, 5.41) is 4.43. The molecule has 1 unspecified atom stereocenters. The number of nitrogens with one attached hydrogen (secondary N) is 1. The van der Waals surface area contributed by atoms with Gasteiger partial charge in [-0.15, -0.1) is 24.0 Å². The van der Waals surface area contributed by atoms with Crippen LogP contribution in [-0.4, -0.2) is 93.7 Å². The molecule has 2 heterocycles. The molecule has 6 nitrogen and oxygen atoms in total. The molecule has 2 saturated heterocycles. The highest BCUT2D eigenvalue weighted by atomic mass is 127. The number of likely N-dealkylation sites (N-methyl/N-ethyl adjacent to an activating group) is 1. The summed E-state index contributed by atoms with van der Waals surface area (Å²) < 4.78 is 0. The lowest BCUT2D eigenvalue weighted by Gasteiger charge is -2.35. The van der Waals surface area contributed by atoms with E-state index in [1.54, 1.807) is 0 Å². The van der Waals surface area contributed by atoms with E-state index in [9.17, 15) is 0 Å². The highest BCUT2D eigenvalue weighted by Crippen LogP contribution is 2.28. The van der Waals surface area contributed by atoms with Gasteiger partial charge in [0.25, 0.3) is 0 Å². The Morgan fingerprint density at radius 1 is 1.16 bits per heavy atom. The molecule has 0 amide bonds. The van der Waals surface area contributed by atoms with Gasteiger partial charge in [-0.3, -0.25) is 4.99 Å². The Labute approximate surface area is 211 Å². The molecule has 1 N–H and O–H groups in total. The number of anilines is 1. The van der Waals surface area contributed by atoms with Crippen molar-refractivity contribution in [2.24, 2.45) is 10.9 Å². The van der Waals surface area contributed by atoms with E-state index in [1.807, 2.05) is 13.1 Å². The molecule has 176 valence electrons. The molecule has 0 radical (unpaired) electrons. The van der Waals surface area contributed by atoms with Crippen LogP contribution in [0.3, 0.4) is 0 Å². The lowest BCUT2D eigenvalue weighted by molar-refractivity contribution is 0.255. The molecule has 1 aromatic rings. The van der Waals surface area contributed by atoms with Crippen molar-refractivity contribution in [3.05, 3.63) is 28.8 Å². The van der Waals surface area contributed by atoms with E-state index >= 15 is 0 Å². The highest BCUT2D eigenvalue weighted by Gasteiger charge is 2.26. The van der Waals surface area contributed by atoms with E-state index < -0.39 is 0 Å². The Balaban J connectivity index is 0.00000341. The number of piperazine rings is 1. The molecule has 0 aliphatic carbocycles. The minimum atomic E-state index is 0. The first-order valence-electron chi connectivity index (χ1n) is 11.4. The van der Waals surface area contributed by atoms with Crippen molar-refractivity contribution in [1.82, 2.24) is 20.0 Å². The zero-order valence-electron chi connectivity index (χ0n) is 19.6. The average Bonchev–Trinajstić information content (AvgIpc) is 3.22. The SMILES string of the molecule is CCN(CC)CC1CCN(C(=NC)NCc2c(Cl)cccc2N2CCN(C)CC2)C1.I. The van der Waals surface area contributed by atoms with Gasteiger partial charge < -0.3 is 24.9 Å². The summed E-state index contributed by atoms with van der Waals surface area (Å²) in [7, 11) is 4.07. The Bertz CT molecular complexity index is 703. The average molecular weight is 563 g/mol. The van der Waals surface area contributed by atoms with Gasteiger partial charge in [0.05, 0.1) is 0 Å². The second-order valence-corrected chi connectivity index (χ2v) is 8.92. The fourth-order valence-corrected chi connectivity index (χ4v) is 4.82. The minimum Gasteiger partial charge on any atom is -0.369 e. The van der Waals surface area contributed by atoms with Crippen molar-refractivity contribution < 1.29 is 0 Å². The fraction of sp³-hybridized carbons (Fsp3) is 0.696. The summed E-state index contributed by atoms with van der Waals surface area (Å²) >= 11 is 6.64. The van der Waals surface area contributed by atoms with Crippen molar-refractivity contribution in [2.45, 2.75) is 26.8 Å². The topological polar surface area (TPSA) is 37.4 Å². The Hall–Kier alpha value is -0.770. The molecule has 31 heavy (non-hydrogen) atoms. The van der Waals surface area contributed by atoms with E-state index in [4.69, 9.17) is 11.6 Å². The maximum Gasteiger partial charge on any atom is 0.193 e. The van der Waals surface area contributed by atoms with Crippen LogP contribution in [0.15, 0.2) is 23.2 Å². The predicted octanol–water partition coefficient (Wildman–Crippen LogP) is 3.45. The van der Waals surface area contributed by atoms with E-state index in [1.165, 1.54) is 24.2 Å². The molecule has 1 aromatic carbocycles. The third-order valence-corrected chi connectivity index (χ3v) is 6.92. The van der Waals surface area contributed by atoms with Crippen LogP contribution < -0.4 is 10.2 Å². The van der Waals surface area contributed by atoms with Crippen molar-refractivity contribution in [2.75, 3.05) is 77.9 Å². The van der Waals surface area contributed by atoms with E-state index in [2.05, 4.69) is 62.9 Å². The first-order chi connectivity index (χ1) is 14.5. The molecule has 8 heteroatoms. The molecule has 0 aromatic heterocycles. The van der Waals surface area contributed by atoms with Gasteiger partial charge >= 0.3 is 0 Å². The molecular weight excluding hydrogens is 523 g/mol. The number of rotatable bonds is 7. The van der Waals surface area contributed by atoms with Crippen molar-refractivity contribution >= 4 is 47.2 Å². The Kier molecular flexibility index (Phi) is 11.2. The Morgan fingerprint density at radius 3 is 2.52 bits per heavy atom. The smallest absolute Gasteiger partial charge is 0.193 e. The van der Waals surface area contributed by atoms with Gasteiger partial charge in [0.15, 0.2) is 5.96 Å². The second-order valence-electron chi connectivity index (χ2n) is 8.52. The third kappa shape index (κ3) is 7.11. The predicted molar refractivity (Wildman–Crippen MR) is 144 cm³/mol. The zero-order valence-corrected chi connectivity index (χ0v) is 22.7. The fourth-order valence-electron chi connectivity index (χ4n) is 4.59. The number of halogens is 2. The van der Waals surface area contributed by atoms with Crippen LogP contribution >= 0.6 is 35.6 Å². The summed E-state index contributed by atoms with van der Waals surface area (Å²) in [5.74, 6) is 1.70. The van der Waals surface area contributed by atoms with Gasteiger partial charge in [0.1, 0.15) is 0 Å². The van der Waals surface area contributed by atoms with Crippen LogP contribution in [0, 0.1) is 5.92 Å². The van der Waals surface area contributed by atoms with Gasteiger partial charge in [-0.05, 0) is 44.6 Å². The van der Waals surface area contributed by atoms with Crippen LogP contribution in [0.5, 0.6) is 0 Å². The number of nitrogens with zero attached hydrogens (tertiary/aromatic N) is 5. The molecule has 0 bridgehead atoms. The number of guanidine groups is 1. The standard InChI is InChI=1S/C23H39ClN6.HI/c1-5-28(6-2)17-19-10-11-30(18-19)23(25-3)26-16-20-21(24)8-7-9-22(20)29-14-12-27(4)13-15-29;/h7-9,19H,5-6,10-18H2,1-4H3,(H,25,26);1H. The summed E-state index contributed by atoms with van der Waals surface area (Å²) in [5.41, 5.74) is 2.42. The maximum atomic E-state index is 6.64. The lowest BCUT2D eigenvalue weighted by atomic mass is 10.1. The van der Waals surface area contributed by atoms with Crippen molar-refractivity contribution in [3.8, 4) is 0 Å². The third-order valence-electron chi connectivity index (χ3n) is 6.57. The summed E-state index contributed by atoms with van der Waals surface area (Å²) in [6.07, 6.45) is 1.23. The molecule has 1 atom stereocenters. The number of likely N-dealkylation sites (tertiary alicyclic amines) is 1. The summed E-state index contributed by atoms with van der Waals surface area (Å²) in [6, 6.07) is 6.26. The van der Waals surface area contributed by atoms with Gasteiger partial charge in [0.2, 0.25) is 0 Å². The molecule has 0 spiro atoms. The second kappa shape index (κ2) is 13.1. The quantitative estimate of drug-likeness (QED) is 0.313. The van der Waals surface area contributed by atoms with Crippen LogP contribution in [0.2, 0.25) is 5.02 Å². The molecule has 3 rings (SSSR count). The van der Waals surface area contributed by atoms with Gasteiger partial charge in [-0.2, -0.15) is 0 Å². The molecule has 0 saturated carbocycles. The van der Waals surface area contributed by atoms with Crippen molar-refractivity contribution in [1.29, 1.82) is 0 Å². The highest BCUT2D eigenvalue weighted by molar-refractivity contribution is 14.0. The van der Waals surface area contributed by atoms with Crippen LogP contribution in [0.1, 0.15) is 25.8 Å². The van der Waals surface area contributed by atoms with E-state index in [0.29, 0.717) is 12.5 Å². The van der Waals surface area contributed by atoms with Crippen LogP contribution in [0.4, 0.5) is 5.69 Å². The summed E-state index contributed by atoms with van der Waals surface area (Å²) in [4.78, 5) is 14.3. The molecule has 2 aliphatic rings. The first-order valence-corrected chi connectivity index (χ1v) is 11.8. The Morgan fingerprint density at radius 2 is 1.87 bits per heavy atom. The van der Waals surface area contributed by atoms with Crippen LogP contribution in [-0.2, 0) is 6.54 Å². The first kappa shape index (κ1) is 26.5. The van der Waals surface area contributed by atoms with Crippen LogP contribution in [0.25, 0.3) is 0 Å². The molecule has 2 fully saturated rings. The number of hydrogen-bond acceptors (Lipinski definition) is 4. The van der Waals surface area contributed by atoms with Gasteiger partial charge in [-0.25, -0.2) is 0 Å². The van der Waals surface area contributed by atoms with Gasteiger partial charge in [-0.1, -0.05) is 31.5 Å². The molecule has 2 aliphatic heterocycles. The van der Waals surface area contributed by atoms with Crippen molar-refractivity contribution in [3.63, 3.8) is 0 Å². The minimum absolute atomic E-state index is 0. The molecular formula is C23H40ClIN6.